The first-order chi connectivity index (χ1) is 8.54. The van der Waals surface area contributed by atoms with Crippen LogP contribution in [0, 0.1) is 0 Å². The van der Waals surface area contributed by atoms with Gasteiger partial charge in [0, 0.05) is 7.11 Å². The van der Waals surface area contributed by atoms with Crippen LogP contribution in [0.2, 0.25) is 0 Å². The minimum atomic E-state index is -1.44. The molecule has 0 aromatic heterocycles. The lowest BCUT2D eigenvalue weighted by molar-refractivity contribution is -0.295. The van der Waals surface area contributed by atoms with Crippen LogP contribution in [0.15, 0.2) is 0 Å². The minimum Gasteiger partial charge on any atom is -0.435 e. The number of carbonyl (C=O) groups excluding carboxylic acids is 1. The summed E-state index contributed by atoms with van der Waals surface area (Å²) in [5, 5.41) is 28.4. The molecule has 0 aromatic carbocycles. The predicted octanol–water partition coefficient (Wildman–Crippen LogP) is -1.39. The molecule has 8 nitrogen and oxygen atoms in total. The summed E-state index contributed by atoms with van der Waals surface area (Å²) in [5.41, 5.74) is 0. The van der Waals surface area contributed by atoms with Crippen LogP contribution in [0.5, 0.6) is 0 Å². The quantitative estimate of drug-likeness (QED) is 0.533. The van der Waals surface area contributed by atoms with Gasteiger partial charge < -0.3 is 34.3 Å². The molecule has 0 unspecified atom stereocenters. The number of rotatable bonds is 4. The summed E-state index contributed by atoms with van der Waals surface area (Å²) in [4.78, 5) is 11.2. The summed E-state index contributed by atoms with van der Waals surface area (Å²) in [5.74, 6) is 0. The van der Waals surface area contributed by atoms with Gasteiger partial charge in [0.2, 0.25) is 0 Å². The molecule has 1 aliphatic rings. The van der Waals surface area contributed by atoms with Gasteiger partial charge >= 0.3 is 6.16 Å². The number of hydrogen-bond acceptors (Lipinski definition) is 8. The SMILES string of the molecule is CCOC(=O)O[C@H]1[C@@H](OC)O[C@H](CO)[C@@H](O)[C@@H]1O. The zero-order valence-corrected chi connectivity index (χ0v) is 10.2. The molecule has 1 saturated heterocycles. The van der Waals surface area contributed by atoms with E-state index >= 15 is 0 Å². The number of hydrogen-bond donors (Lipinski definition) is 3. The molecule has 18 heavy (non-hydrogen) atoms. The Bertz CT molecular complexity index is 269. The highest BCUT2D eigenvalue weighted by Crippen LogP contribution is 2.24. The predicted molar refractivity (Wildman–Crippen MR) is 56.7 cm³/mol. The van der Waals surface area contributed by atoms with Crippen LogP contribution in [-0.4, -0.2) is 72.5 Å². The molecular formula is C10H18O8. The fourth-order valence-electron chi connectivity index (χ4n) is 1.63. The Morgan fingerprint density at radius 3 is 2.50 bits per heavy atom. The molecule has 0 radical (unpaired) electrons. The zero-order valence-electron chi connectivity index (χ0n) is 10.2. The van der Waals surface area contributed by atoms with Gasteiger partial charge in [-0.1, -0.05) is 0 Å². The van der Waals surface area contributed by atoms with E-state index in [1.807, 2.05) is 0 Å². The summed E-state index contributed by atoms with van der Waals surface area (Å²) >= 11 is 0. The van der Waals surface area contributed by atoms with Gasteiger partial charge in [0.05, 0.1) is 13.2 Å². The molecule has 106 valence electrons. The smallest absolute Gasteiger partial charge is 0.435 e. The Kier molecular flexibility index (Phi) is 5.76. The van der Waals surface area contributed by atoms with Crippen LogP contribution in [0.4, 0.5) is 4.79 Å². The molecule has 3 N–H and O–H groups in total. The first kappa shape index (κ1) is 15.1. The molecule has 1 aliphatic heterocycles. The summed E-state index contributed by atoms with van der Waals surface area (Å²) in [7, 11) is 1.28. The maximum absolute atomic E-state index is 11.2. The van der Waals surface area contributed by atoms with Crippen LogP contribution < -0.4 is 0 Å². The molecule has 8 heteroatoms. The molecule has 0 bridgehead atoms. The first-order valence-electron chi connectivity index (χ1n) is 5.53. The molecule has 5 atom stereocenters. The minimum absolute atomic E-state index is 0.113. The average Bonchev–Trinajstić information content (AvgIpc) is 2.36. The van der Waals surface area contributed by atoms with Gasteiger partial charge in [-0.15, -0.1) is 0 Å². The Balaban J connectivity index is 2.71. The summed E-state index contributed by atoms with van der Waals surface area (Å²) in [6.07, 6.45) is -7.16. The van der Waals surface area contributed by atoms with Gasteiger partial charge in [-0.3, -0.25) is 0 Å². The second-order valence-electron chi connectivity index (χ2n) is 3.71. The first-order valence-corrected chi connectivity index (χ1v) is 5.53. The van der Waals surface area contributed by atoms with Gasteiger partial charge in [0.15, 0.2) is 12.4 Å². The lowest BCUT2D eigenvalue weighted by Gasteiger charge is -2.40. The number of aliphatic hydroxyl groups is 3. The van der Waals surface area contributed by atoms with E-state index in [-0.39, 0.29) is 6.61 Å². The number of carbonyl (C=O) groups is 1. The molecule has 1 heterocycles. The monoisotopic (exact) mass is 266 g/mol. The molecule has 0 amide bonds. The molecule has 0 spiro atoms. The van der Waals surface area contributed by atoms with Gasteiger partial charge in [-0.05, 0) is 6.92 Å². The third-order valence-electron chi connectivity index (χ3n) is 2.55. The van der Waals surface area contributed by atoms with E-state index in [0.717, 1.165) is 0 Å². The van der Waals surface area contributed by atoms with E-state index in [2.05, 4.69) is 4.74 Å². The molecule has 1 rings (SSSR count). The Hall–Kier alpha value is -0.930. The van der Waals surface area contributed by atoms with Crippen molar-refractivity contribution in [2.45, 2.75) is 37.6 Å². The highest BCUT2D eigenvalue weighted by Gasteiger charge is 2.47. The largest absolute Gasteiger partial charge is 0.508 e. The zero-order chi connectivity index (χ0) is 13.7. The Morgan fingerprint density at radius 1 is 1.33 bits per heavy atom. The van der Waals surface area contributed by atoms with Crippen molar-refractivity contribution in [2.75, 3.05) is 20.3 Å². The molecular weight excluding hydrogens is 248 g/mol. The third kappa shape index (κ3) is 3.30. The van der Waals surface area contributed by atoms with E-state index in [0.29, 0.717) is 0 Å². The van der Waals surface area contributed by atoms with Crippen molar-refractivity contribution in [1.82, 2.24) is 0 Å². The highest BCUT2D eigenvalue weighted by molar-refractivity contribution is 5.60. The van der Waals surface area contributed by atoms with Gasteiger partial charge in [-0.2, -0.15) is 0 Å². The van der Waals surface area contributed by atoms with Crippen LogP contribution in [0.25, 0.3) is 0 Å². The van der Waals surface area contributed by atoms with Crippen molar-refractivity contribution >= 4 is 6.16 Å². The Labute approximate surface area is 104 Å². The van der Waals surface area contributed by atoms with Crippen molar-refractivity contribution in [1.29, 1.82) is 0 Å². The number of methoxy groups -OCH3 is 1. The normalized spacial score (nSPS) is 36.2. The average molecular weight is 266 g/mol. The third-order valence-corrected chi connectivity index (χ3v) is 2.55. The van der Waals surface area contributed by atoms with Crippen molar-refractivity contribution in [3.8, 4) is 0 Å². The maximum Gasteiger partial charge on any atom is 0.508 e. The maximum atomic E-state index is 11.2. The van der Waals surface area contributed by atoms with Crippen LogP contribution in [-0.2, 0) is 18.9 Å². The van der Waals surface area contributed by atoms with Gasteiger partial charge in [0.25, 0.3) is 0 Å². The molecule has 1 fully saturated rings. The van der Waals surface area contributed by atoms with Crippen molar-refractivity contribution < 1.29 is 39.1 Å². The van der Waals surface area contributed by atoms with E-state index < -0.39 is 43.5 Å². The Morgan fingerprint density at radius 2 is 2.00 bits per heavy atom. The van der Waals surface area contributed by atoms with Crippen molar-refractivity contribution in [3.05, 3.63) is 0 Å². The lowest BCUT2D eigenvalue weighted by atomic mass is 9.99. The van der Waals surface area contributed by atoms with E-state index in [4.69, 9.17) is 19.3 Å². The second-order valence-corrected chi connectivity index (χ2v) is 3.71. The van der Waals surface area contributed by atoms with Crippen molar-refractivity contribution in [3.63, 3.8) is 0 Å². The molecule has 0 aromatic rings. The molecule has 0 saturated carbocycles. The fraction of sp³-hybridized carbons (Fsp3) is 0.900. The second kappa shape index (κ2) is 6.86. The summed E-state index contributed by atoms with van der Waals surface area (Å²) in [6, 6.07) is 0. The number of aliphatic hydroxyl groups excluding tert-OH is 3. The van der Waals surface area contributed by atoms with E-state index in [9.17, 15) is 15.0 Å². The van der Waals surface area contributed by atoms with Crippen LogP contribution in [0.3, 0.4) is 0 Å². The highest BCUT2D eigenvalue weighted by atomic mass is 16.8. The summed E-state index contributed by atoms with van der Waals surface area (Å²) in [6.45, 7) is 1.21. The molecule has 0 aliphatic carbocycles. The van der Waals surface area contributed by atoms with Gasteiger partial charge in [0.1, 0.15) is 18.3 Å². The topological polar surface area (TPSA) is 115 Å². The van der Waals surface area contributed by atoms with Crippen LogP contribution >= 0.6 is 0 Å². The van der Waals surface area contributed by atoms with E-state index in [1.165, 1.54) is 7.11 Å². The standard InChI is InChI=1S/C10H18O8/c1-3-16-10(14)18-8-7(13)6(12)5(4-11)17-9(8)15-2/h5-9,11-13H,3-4H2,1-2H3/t5-,6-,7+,8-,9+/m1/s1. The summed E-state index contributed by atoms with van der Waals surface area (Å²) < 4.78 is 19.4. The van der Waals surface area contributed by atoms with Gasteiger partial charge in [-0.25, -0.2) is 4.79 Å². The van der Waals surface area contributed by atoms with Crippen molar-refractivity contribution in [2.24, 2.45) is 0 Å². The van der Waals surface area contributed by atoms with E-state index in [1.54, 1.807) is 6.92 Å². The lowest BCUT2D eigenvalue weighted by Crippen LogP contribution is -2.60. The van der Waals surface area contributed by atoms with Crippen LogP contribution in [0.1, 0.15) is 6.92 Å². The number of ether oxygens (including phenoxy) is 4. The fourth-order valence-corrected chi connectivity index (χ4v) is 1.63.